The molecule has 0 unspecified atom stereocenters. The normalized spacial score (nSPS) is 10.0. The number of aromatic nitrogens is 1. The number of nitriles is 1. The minimum atomic E-state index is 0.690. The number of halogens is 1. The monoisotopic (exact) mass is 238 g/mol. The fourth-order valence-corrected chi connectivity index (χ4v) is 2.35. The van der Waals surface area contributed by atoms with Crippen LogP contribution in [0.15, 0.2) is 22.1 Å². The maximum Gasteiger partial charge on any atom is 0.101 e. The highest BCUT2D eigenvalue weighted by Crippen LogP contribution is 2.28. The summed E-state index contributed by atoms with van der Waals surface area (Å²) in [5, 5.41) is 8.76. The highest BCUT2D eigenvalue weighted by atomic mass is 79.9. The van der Waals surface area contributed by atoms with Crippen LogP contribution in [-0.2, 0) is 0 Å². The molecule has 0 saturated heterocycles. The lowest BCUT2D eigenvalue weighted by Gasteiger charge is -1.93. The molecule has 58 valence electrons. The van der Waals surface area contributed by atoms with Gasteiger partial charge in [-0.05, 0) is 28.1 Å². The fourth-order valence-electron chi connectivity index (χ4n) is 1.01. The second-order valence-corrected chi connectivity index (χ2v) is 3.95. The van der Waals surface area contributed by atoms with Gasteiger partial charge in [0.05, 0.1) is 21.3 Å². The number of fused-ring (bicyclic) bond motifs is 1. The smallest absolute Gasteiger partial charge is 0.101 e. The lowest BCUT2D eigenvalue weighted by molar-refractivity contribution is 1.47. The van der Waals surface area contributed by atoms with E-state index in [1.807, 2.05) is 6.07 Å². The summed E-state index contributed by atoms with van der Waals surface area (Å²) in [4.78, 5) is 4.15. The summed E-state index contributed by atoms with van der Waals surface area (Å²) in [6.07, 6.45) is 0. The Kier molecular flexibility index (Phi) is 1.83. The van der Waals surface area contributed by atoms with Gasteiger partial charge in [-0.2, -0.15) is 5.26 Å². The quantitative estimate of drug-likeness (QED) is 0.708. The number of hydrogen-bond acceptors (Lipinski definition) is 3. The highest BCUT2D eigenvalue weighted by Gasteiger charge is 2.05. The van der Waals surface area contributed by atoms with E-state index in [1.54, 1.807) is 11.6 Å². The second-order valence-electron chi connectivity index (χ2n) is 2.24. The predicted octanol–water partition coefficient (Wildman–Crippen LogP) is 2.93. The molecule has 4 heteroatoms. The number of thiazole rings is 1. The summed E-state index contributed by atoms with van der Waals surface area (Å²) in [5.41, 5.74) is 3.31. The minimum Gasteiger partial charge on any atom is -0.243 e. The first-order valence-corrected chi connectivity index (χ1v) is 4.92. The molecule has 0 bridgehead atoms. The van der Waals surface area contributed by atoms with Crippen molar-refractivity contribution in [1.29, 1.82) is 5.26 Å². The van der Waals surface area contributed by atoms with E-state index in [2.05, 4.69) is 27.0 Å². The van der Waals surface area contributed by atoms with E-state index < -0.39 is 0 Å². The molecule has 0 aliphatic carbocycles. The number of nitrogens with zero attached hydrogens (tertiary/aromatic N) is 2. The van der Waals surface area contributed by atoms with E-state index in [4.69, 9.17) is 5.26 Å². The zero-order valence-corrected chi connectivity index (χ0v) is 8.32. The van der Waals surface area contributed by atoms with Crippen molar-refractivity contribution in [1.82, 2.24) is 4.98 Å². The molecule has 0 N–H and O–H groups in total. The van der Waals surface area contributed by atoms with E-state index >= 15 is 0 Å². The SMILES string of the molecule is N#Cc1ccc(Br)c2ncsc12. The largest absolute Gasteiger partial charge is 0.243 e. The standard InChI is InChI=1S/C8H3BrN2S/c9-6-2-1-5(3-10)8-7(6)11-4-12-8/h1-2,4H. The number of rotatable bonds is 0. The third-order valence-electron chi connectivity index (χ3n) is 1.56. The first-order chi connectivity index (χ1) is 5.83. The van der Waals surface area contributed by atoms with Gasteiger partial charge in [-0.1, -0.05) is 0 Å². The van der Waals surface area contributed by atoms with Crippen LogP contribution >= 0.6 is 27.3 Å². The molecule has 12 heavy (non-hydrogen) atoms. The molecule has 0 spiro atoms. The number of hydrogen-bond donors (Lipinski definition) is 0. The Morgan fingerprint density at radius 2 is 2.33 bits per heavy atom. The second kappa shape index (κ2) is 2.85. The predicted molar refractivity (Wildman–Crippen MR) is 52.0 cm³/mol. The average molecular weight is 239 g/mol. The third kappa shape index (κ3) is 1.02. The molecule has 1 aromatic heterocycles. The zero-order valence-electron chi connectivity index (χ0n) is 5.91. The summed E-state index contributed by atoms with van der Waals surface area (Å²) in [6, 6.07) is 5.78. The van der Waals surface area contributed by atoms with Crippen molar-refractivity contribution in [3.63, 3.8) is 0 Å². The van der Waals surface area contributed by atoms with Gasteiger partial charge in [0.2, 0.25) is 0 Å². The van der Waals surface area contributed by atoms with Crippen LogP contribution in [0.2, 0.25) is 0 Å². The Hall–Kier alpha value is -0.920. The van der Waals surface area contributed by atoms with Gasteiger partial charge >= 0.3 is 0 Å². The molecule has 0 fully saturated rings. The van der Waals surface area contributed by atoms with Crippen LogP contribution in [0.1, 0.15) is 5.56 Å². The van der Waals surface area contributed by atoms with Crippen LogP contribution in [0.5, 0.6) is 0 Å². The molecule has 2 aromatic rings. The molecule has 1 heterocycles. The van der Waals surface area contributed by atoms with Crippen molar-refractivity contribution in [2.45, 2.75) is 0 Å². The van der Waals surface area contributed by atoms with E-state index in [-0.39, 0.29) is 0 Å². The molecule has 0 aliphatic heterocycles. The van der Waals surface area contributed by atoms with Crippen LogP contribution in [0.4, 0.5) is 0 Å². The van der Waals surface area contributed by atoms with E-state index in [0.29, 0.717) is 5.56 Å². The van der Waals surface area contributed by atoms with Crippen LogP contribution in [0.3, 0.4) is 0 Å². The molecule has 0 saturated carbocycles. The van der Waals surface area contributed by atoms with Crippen LogP contribution in [0.25, 0.3) is 10.2 Å². The van der Waals surface area contributed by atoms with E-state index in [1.165, 1.54) is 11.3 Å². The Bertz CT molecular complexity index is 469. The van der Waals surface area contributed by atoms with Crippen molar-refractivity contribution in [3.05, 3.63) is 27.7 Å². The van der Waals surface area contributed by atoms with Gasteiger partial charge in [0.15, 0.2) is 0 Å². The molecule has 1 aromatic carbocycles. The van der Waals surface area contributed by atoms with Gasteiger partial charge in [-0.3, -0.25) is 0 Å². The van der Waals surface area contributed by atoms with Gasteiger partial charge in [-0.25, -0.2) is 4.98 Å². The van der Waals surface area contributed by atoms with Crippen molar-refractivity contribution in [2.24, 2.45) is 0 Å². The topological polar surface area (TPSA) is 36.7 Å². The Labute approximate surface area is 81.6 Å². The van der Waals surface area contributed by atoms with E-state index in [0.717, 1.165) is 14.7 Å². The van der Waals surface area contributed by atoms with Gasteiger partial charge in [0, 0.05) is 4.47 Å². The molecule has 0 atom stereocenters. The first-order valence-electron chi connectivity index (χ1n) is 3.24. The first kappa shape index (κ1) is 7.71. The van der Waals surface area contributed by atoms with Gasteiger partial charge in [0.25, 0.3) is 0 Å². The zero-order chi connectivity index (χ0) is 8.55. The summed E-state index contributed by atoms with van der Waals surface area (Å²) in [5.74, 6) is 0. The molecular formula is C8H3BrN2S. The van der Waals surface area contributed by atoms with Crippen LogP contribution in [-0.4, -0.2) is 4.98 Å². The maximum absolute atomic E-state index is 8.76. The maximum atomic E-state index is 8.76. The number of benzene rings is 1. The molecule has 0 amide bonds. The minimum absolute atomic E-state index is 0.690. The third-order valence-corrected chi connectivity index (χ3v) is 3.05. The molecule has 2 rings (SSSR count). The van der Waals surface area contributed by atoms with E-state index in [9.17, 15) is 0 Å². The molecular weight excluding hydrogens is 236 g/mol. The average Bonchev–Trinajstić information content (AvgIpc) is 2.54. The molecule has 0 aliphatic rings. The van der Waals surface area contributed by atoms with Crippen molar-refractivity contribution in [3.8, 4) is 6.07 Å². The van der Waals surface area contributed by atoms with Gasteiger partial charge < -0.3 is 0 Å². The fraction of sp³-hybridized carbons (Fsp3) is 0. The summed E-state index contributed by atoms with van der Waals surface area (Å²) in [6.45, 7) is 0. The Morgan fingerprint density at radius 3 is 3.08 bits per heavy atom. The van der Waals surface area contributed by atoms with Gasteiger partial charge in [-0.15, -0.1) is 11.3 Å². The lowest BCUT2D eigenvalue weighted by Crippen LogP contribution is -1.76. The van der Waals surface area contributed by atoms with Gasteiger partial charge in [0.1, 0.15) is 6.07 Å². The Balaban J connectivity index is 2.94. The summed E-state index contributed by atoms with van der Waals surface area (Å²) >= 11 is 4.86. The lowest BCUT2D eigenvalue weighted by atomic mass is 10.2. The van der Waals surface area contributed by atoms with Crippen molar-refractivity contribution >= 4 is 37.5 Å². The van der Waals surface area contributed by atoms with Crippen molar-refractivity contribution < 1.29 is 0 Å². The summed E-state index contributed by atoms with van der Waals surface area (Å²) in [7, 11) is 0. The Morgan fingerprint density at radius 1 is 1.50 bits per heavy atom. The highest BCUT2D eigenvalue weighted by molar-refractivity contribution is 9.10. The van der Waals surface area contributed by atoms with Crippen LogP contribution < -0.4 is 0 Å². The van der Waals surface area contributed by atoms with Crippen LogP contribution in [0, 0.1) is 11.3 Å². The van der Waals surface area contributed by atoms with Crippen molar-refractivity contribution in [2.75, 3.05) is 0 Å². The summed E-state index contributed by atoms with van der Waals surface area (Å²) < 4.78 is 1.89. The molecule has 0 radical (unpaired) electrons. The molecule has 2 nitrogen and oxygen atoms in total.